The van der Waals surface area contributed by atoms with Crippen LogP contribution in [0.1, 0.15) is 5.56 Å². The first-order valence-electron chi connectivity index (χ1n) is 6.37. The Balaban J connectivity index is 2.04. The van der Waals surface area contributed by atoms with Crippen molar-refractivity contribution < 1.29 is 9.59 Å². The molecule has 0 saturated carbocycles. The van der Waals surface area contributed by atoms with Crippen LogP contribution in [0.25, 0.3) is 16.8 Å². The van der Waals surface area contributed by atoms with Crippen molar-refractivity contribution in [2.45, 2.75) is 0 Å². The van der Waals surface area contributed by atoms with Crippen LogP contribution in [0.2, 0.25) is 0 Å². The Hall–Kier alpha value is -2.51. The van der Waals surface area contributed by atoms with E-state index in [-0.39, 0.29) is 17.7 Å². The molecule has 21 heavy (non-hydrogen) atoms. The van der Waals surface area contributed by atoms with Crippen LogP contribution in [0.3, 0.4) is 0 Å². The van der Waals surface area contributed by atoms with Crippen LogP contribution in [0.4, 0.5) is 4.79 Å². The third-order valence-corrected chi connectivity index (χ3v) is 4.14. The number of nitrogens with zero attached hydrogens (tertiary/aromatic N) is 1. The van der Waals surface area contributed by atoms with Crippen molar-refractivity contribution in [3.8, 4) is 12.3 Å². The predicted molar refractivity (Wildman–Crippen MR) is 85.5 cm³/mol. The van der Waals surface area contributed by atoms with Gasteiger partial charge in [-0.25, -0.2) is 0 Å². The molecule has 3 nitrogen and oxygen atoms in total. The fraction of sp³-hybridized carbons (Fsp3) is 0.0588. The molecule has 0 spiro atoms. The number of thioether (sulfide) groups is 1. The Morgan fingerprint density at radius 1 is 1.14 bits per heavy atom. The van der Waals surface area contributed by atoms with Crippen molar-refractivity contribution in [3.63, 3.8) is 0 Å². The highest BCUT2D eigenvalue weighted by atomic mass is 32.2. The molecule has 2 amide bonds. The van der Waals surface area contributed by atoms with Crippen molar-refractivity contribution in [1.29, 1.82) is 0 Å². The van der Waals surface area contributed by atoms with Crippen LogP contribution in [-0.2, 0) is 4.79 Å². The second kappa shape index (κ2) is 5.47. The minimum absolute atomic E-state index is 0.0115. The Bertz CT molecular complexity index is 812. The third kappa shape index (κ3) is 2.44. The number of hydrogen-bond donors (Lipinski definition) is 0. The Kier molecular flexibility index (Phi) is 3.51. The predicted octanol–water partition coefficient (Wildman–Crippen LogP) is 3.51. The Morgan fingerprint density at radius 2 is 1.90 bits per heavy atom. The van der Waals surface area contributed by atoms with Gasteiger partial charge in [-0.2, -0.15) is 0 Å². The monoisotopic (exact) mass is 293 g/mol. The maximum absolute atomic E-state index is 12.2. The van der Waals surface area contributed by atoms with E-state index in [1.807, 2.05) is 42.5 Å². The molecule has 3 rings (SSSR count). The number of imide groups is 1. The molecule has 0 aliphatic carbocycles. The minimum atomic E-state index is -0.323. The molecule has 1 saturated heterocycles. The van der Waals surface area contributed by atoms with E-state index in [1.165, 1.54) is 0 Å². The van der Waals surface area contributed by atoms with Gasteiger partial charge < -0.3 is 0 Å². The van der Waals surface area contributed by atoms with Crippen LogP contribution >= 0.6 is 11.8 Å². The van der Waals surface area contributed by atoms with Gasteiger partial charge in [0, 0.05) is 0 Å². The van der Waals surface area contributed by atoms with Gasteiger partial charge in [-0.15, -0.1) is 6.42 Å². The normalized spacial score (nSPS) is 16.7. The summed E-state index contributed by atoms with van der Waals surface area (Å²) in [5.74, 6) is 2.00. The fourth-order valence-electron chi connectivity index (χ4n) is 2.25. The second-order valence-corrected chi connectivity index (χ2v) is 5.53. The molecule has 1 aliphatic heterocycles. The van der Waals surface area contributed by atoms with Crippen molar-refractivity contribution in [3.05, 3.63) is 52.9 Å². The van der Waals surface area contributed by atoms with Gasteiger partial charge >= 0.3 is 0 Å². The molecule has 2 aromatic rings. The lowest BCUT2D eigenvalue weighted by Gasteiger charge is -2.06. The zero-order valence-corrected chi connectivity index (χ0v) is 11.9. The van der Waals surface area contributed by atoms with Gasteiger partial charge in [0.2, 0.25) is 0 Å². The molecule has 0 atom stereocenters. The zero-order chi connectivity index (χ0) is 14.8. The average Bonchev–Trinajstić information content (AvgIpc) is 2.76. The molecular formula is C17H11NO2S. The van der Waals surface area contributed by atoms with Gasteiger partial charge in [-0.05, 0) is 34.2 Å². The average molecular weight is 293 g/mol. The standard InChI is InChI=1S/C17H11NO2S/c1-2-10-18-16(19)15(21-17(18)20)11-13-8-5-7-12-6-3-4-9-14(12)13/h1,3-9,11H,10H2/b15-11-. The van der Waals surface area contributed by atoms with Crippen LogP contribution in [0, 0.1) is 12.3 Å². The van der Waals surface area contributed by atoms with Crippen molar-refractivity contribution in [2.75, 3.05) is 6.54 Å². The largest absolute Gasteiger partial charge is 0.294 e. The summed E-state index contributed by atoms with van der Waals surface area (Å²) in [6, 6.07) is 13.8. The van der Waals surface area contributed by atoms with Gasteiger partial charge in [-0.3, -0.25) is 14.5 Å². The van der Waals surface area contributed by atoms with E-state index in [2.05, 4.69) is 5.92 Å². The number of carbonyl (C=O) groups excluding carboxylic acids is 2. The molecule has 0 bridgehead atoms. The van der Waals surface area contributed by atoms with E-state index in [4.69, 9.17) is 6.42 Å². The number of terminal acetylenes is 1. The maximum Gasteiger partial charge on any atom is 0.294 e. The molecular weight excluding hydrogens is 282 g/mol. The quantitative estimate of drug-likeness (QED) is 0.628. The summed E-state index contributed by atoms with van der Waals surface area (Å²) >= 11 is 0.928. The van der Waals surface area contributed by atoms with Crippen molar-refractivity contribution in [1.82, 2.24) is 4.90 Å². The highest BCUT2D eigenvalue weighted by Crippen LogP contribution is 2.33. The fourth-order valence-corrected chi connectivity index (χ4v) is 3.07. The van der Waals surface area contributed by atoms with E-state index in [0.717, 1.165) is 33.0 Å². The molecule has 0 radical (unpaired) electrons. The summed E-state index contributed by atoms with van der Waals surface area (Å²) < 4.78 is 0. The van der Waals surface area contributed by atoms with Crippen LogP contribution in [-0.4, -0.2) is 22.6 Å². The minimum Gasteiger partial charge on any atom is -0.268 e. The first-order valence-corrected chi connectivity index (χ1v) is 7.19. The molecule has 1 aliphatic rings. The lowest BCUT2D eigenvalue weighted by molar-refractivity contribution is -0.122. The maximum atomic E-state index is 12.2. The Morgan fingerprint density at radius 3 is 2.71 bits per heavy atom. The Labute approximate surface area is 126 Å². The second-order valence-electron chi connectivity index (χ2n) is 4.54. The topological polar surface area (TPSA) is 37.4 Å². The molecule has 1 fully saturated rings. The van der Waals surface area contributed by atoms with Gasteiger partial charge in [0.15, 0.2) is 0 Å². The van der Waals surface area contributed by atoms with E-state index < -0.39 is 0 Å². The summed E-state index contributed by atoms with van der Waals surface area (Å²) in [7, 11) is 0. The summed E-state index contributed by atoms with van der Waals surface area (Å²) in [4.78, 5) is 25.4. The SMILES string of the molecule is C#CCN1C(=O)S/C(=C\c2cccc3ccccc23)C1=O. The van der Waals surface area contributed by atoms with Crippen LogP contribution < -0.4 is 0 Å². The van der Waals surface area contributed by atoms with Crippen LogP contribution in [0.15, 0.2) is 47.4 Å². The van der Waals surface area contributed by atoms with E-state index in [1.54, 1.807) is 6.08 Å². The zero-order valence-electron chi connectivity index (χ0n) is 11.1. The number of benzene rings is 2. The first kappa shape index (κ1) is 13.5. The number of amides is 2. The van der Waals surface area contributed by atoms with E-state index in [0.29, 0.717) is 4.91 Å². The van der Waals surface area contributed by atoms with Crippen molar-refractivity contribution >= 4 is 39.8 Å². The first-order chi connectivity index (χ1) is 10.2. The lowest BCUT2D eigenvalue weighted by Crippen LogP contribution is -2.28. The molecule has 0 N–H and O–H groups in total. The number of hydrogen-bond acceptors (Lipinski definition) is 3. The number of carbonyl (C=O) groups is 2. The van der Waals surface area contributed by atoms with Gasteiger partial charge in [-0.1, -0.05) is 48.4 Å². The molecule has 0 aromatic heterocycles. The van der Waals surface area contributed by atoms with Crippen LogP contribution in [0.5, 0.6) is 0 Å². The summed E-state index contributed by atoms with van der Waals surface area (Å²) in [5.41, 5.74) is 0.916. The number of fused-ring (bicyclic) bond motifs is 1. The van der Waals surface area contributed by atoms with E-state index >= 15 is 0 Å². The lowest BCUT2D eigenvalue weighted by atomic mass is 10.0. The van der Waals surface area contributed by atoms with Gasteiger partial charge in [0.25, 0.3) is 11.1 Å². The summed E-state index contributed by atoms with van der Waals surface area (Å²) in [6.07, 6.45) is 6.93. The van der Waals surface area contributed by atoms with Gasteiger partial charge in [0.1, 0.15) is 0 Å². The van der Waals surface area contributed by atoms with E-state index in [9.17, 15) is 9.59 Å². The van der Waals surface area contributed by atoms with Crippen molar-refractivity contribution in [2.24, 2.45) is 0 Å². The summed E-state index contributed by atoms with van der Waals surface area (Å²) in [5, 5.41) is 1.82. The molecule has 1 heterocycles. The molecule has 2 aromatic carbocycles. The number of rotatable bonds is 2. The van der Waals surface area contributed by atoms with Gasteiger partial charge in [0.05, 0.1) is 11.4 Å². The highest BCUT2D eigenvalue weighted by molar-refractivity contribution is 8.18. The molecule has 0 unspecified atom stereocenters. The molecule has 4 heteroatoms. The smallest absolute Gasteiger partial charge is 0.268 e. The summed E-state index contributed by atoms with van der Waals surface area (Å²) in [6.45, 7) is 0.0115. The molecule has 102 valence electrons. The highest BCUT2D eigenvalue weighted by Gasteiger charge is 2.34. The third-order valence-electron chi connectivity index (χ3n) is 3.23.